The van der Waals surface area contributed by atoms with Gasteiger partial charge in [-0.05, 0) is 40.0 Å². The van der Waals surface area contributed by atoms with Crippen molar-refractivity contribution in [1.82, 2.24) is 0 Å². The molecule has 0 aliphatic carbocycles. The molecule has 0 amide bonds. The van der Waals surface area contributed by atoms with Crippen LogP contribution in [0.4, 0.5) is 0 Å². The average Bonchev–Trinajstić information content (AvgIpc) is 2.15. The van der Waals surface area contributed by atoms with Gasteiger partial charge in [-0.25, -0.2) is 4.79 Å². The molecule has 0 heterocycles. The predicted octanol–water partition coefficient (Wildman–Crippen LogP) is 3.18. The van der Waals surface area contributed by atoms with E-state index >= 15 is 0 Å². The van der Waals surface area contributed by atoms with Crippen LogP contribution in [-0.4, -0.2) is 17.7 Å². The molecule has 0 saturated heterocycles. The van der Waals surface area contributed by atoms with Crippen LogP contribution in [0.5, 0.6) is 5.75 Å². The number of hydrogen-bond donors (Lipinski definition) is 1. The second kappa shape index (κ2) is 5.16. The minimum Gasteiger partial charge on any atom is -0.492 e. The first-order chi connectivity index (χ1) is 7.00. The molecule has 1 rings (SSSR count). The van der Waals surface area contributed by atoms with Gasteiger partial charge in [-0.15, -0.1) is 0 Å². The molecule has 0 radical (unpaired) electrons. The molecule has 4 heteroatoms. The van der Waals surface area contributed by atoms with E-state index in [9.17, 15) is 4.79 Å². The van der Waals surface area contributed by atoms with Gasteiger partial charge in [-0.1, -0.05) is 13.8 Å². The Bertz CT molecular complexity index is 361. The number of aromatic carboxylic acids is 1. The lowest BCUT2D eigenvalue weighted by Gasteiger charge is -2.10. The Morgan fingerprint density at radius 1 is 1.53 bits per heavy atom. The molecule has 1 aromatic rings. The van der Waals surface area contributed by atoms with Gasteiger partial charge < -0.3 is 9.84 Å². The minimum atomic E-state index is -0.939. The van der Waals surface area contributed by atoms with Crippen LogP contribution in [0.25, 0.3) is 0 Å². The van der Waals surface area contributed by atoms with Crippen molar-refractivity contribution in [1.29, 1.82) is 0 Å². The van der Waals surface area contributed by atoms with E-state index in [0.29, 0.717) is 22.7 Å². The maximum absolute atomic E-state index is 10.7. The highest BCUT2D eigenvalue weighted by molar-refractivity contribution is 9.10. The van der Waals surface area contributed by atoms with Gasteiger partial charge in [0, 0.05) is 0 Å². The molecule has 0 aromatic heterocycles. The number of rotatable bonds is 4. The number of hydrogen-bond acceptors (Lipinski definition) is 2. The predicted molar refractivity (Wildman–Crippen MR) is 61.4 cm³/mol. The highest BCUT2D eigenvalue weighted by Gasteiger charge is 2.07. The molecule has 82 valence electrons. The molecular weight excluding hydrogens is 260 g/mol. The number of ether oxygens (including phenoxy) is 1. The first kappa shape index (κ1) is 12.0. The van der Waals surface area contributed by atoms with Gasteiger partial charge >= 0.3 is 5.97 Å². The van der Waals surface area contributed by atoms with Crippen molar-refractivity contribution in [2.45, 2.75) is 13.8 Å². The van der Waals surface area contributed by atoms with Gasteiger partial charge in [-0.3, -0.25) is 0 Å². The van der Waals surface area contributed by atoms with Crippen LogP contribution in [0.2, 0.25) is 0 Å². The lowest BCUT2D eigenvalue weighted by atomic mass is 10.2. The lowest BCUT2D eigenvalue weighted by Crippen LogP contribution is -2.05. The van der Waals surface area contributed by atoms with Crippen LogP contribution in [0.15, 0.2) is 22.7 Å². The molecule has 0 atom stereocenters. The van der Waals surface area contributed by atoms with Gasteiger partial charge in [0.1, 0.15) is 5.75 Å². The van der Waals surface area contributed by atoms with Crippen LogP contribution in [0.3, 0.4) is 0 Å². The molecule has 3 nitrogen and oxygen atoms in total. The molecule has 0 unspecified atom stereocenters. The monoisotopic (exact) mass is 272 g/mol. The van der Waals surface area contributed by atoms with Crippen molar-refractivity contribution >= 4 is 21.9 Å². The van der Waals surface area contributed by atoms with Gasteiger partial charge in [0.05, 0.1) is 16.6 Å². The van der Waals surface area contributed by atoms with Crippen LogP contribution in [0, 0.1) is 5.92 Å². The van der Waals surface area contributed by atoms with Crippen molar-refractivity contribution in [2.75, 3.05) is 6.61 Å². The summed E-state index contributed by atoms with van der Waals surface area (Å²) in [5.41, 5.74) is 0.249. The van der Waals surface area contributed by atoms with E-state index in [2.05, 4.69) is 29.8 Å². The van der Waals surface area contributed by atoms with Gasteiger partial charge in [0.2, 0.25) is 0 Å². The summed E-state index contributed by atoms with van der Waals surface area (Å²) in [4.78, 5) is 10.7. The van der Waals surface area contributed by atoms with E-state index in [0.717, 1.165) is 0 Å². The molecule has 0 saturated carbocycles. The Kier molecular flexibility index (Phi) is 4.15. The number of halogens is 1. The number of carboxylic acids is 1. The normalized spacial score (nSPS) is 10.4. The summed E-state index contributed by atoms with van der Waals surface area (Å²) in [6, 6.07) is 4.73. The molecule has 0 aliphatic rings. The highest BCUT2D eigenvalue weighted by atomic mass is 79.9. The zero-order valence-corrected chi connectivity index (χ0v) is 10.2. The van der Waals surface area contributed by atoms with Crippen LogP contribution in [0.1, 0.15) is 24.2 Å². The Labute approximate surface area is 97.2 Å². The second-order valence-corrected chi connectivity index (χ2v) is 4.51. The fourth-order valence-corrected chi connectivity index (χ4v) is 1.50. The lowest BCUT2D eigenvalue weighted by molar-refractivity contribution is 0.0696. The van der Waals surface area contributed by atoms with E-state index in [1.807, 2.05) is 0 Å². The van der Waals surface area contributed by atoms with Crippen LogP contribution >= 0.6 is 15.9 Å². The van der Waals surface area contributed by atoms with Crippen molar-refractivity contribution in [2.24, 2.45) is 5.92 Å². The molecule has 0 fully saturated rings. The Hall–Kier alpha value is -1.03. The van der Waals surface area contributed by atoms with Gasteiger partial charge in [-0.2, -0.15) is 0 Å². The van der Waals surface area contributed by atoms with E-state index in [-0.39, 0.29) is 5.56 Å². The zero-order valence-electron chi connectivity index (χ0n) is 8.66. The summed E-state index contributed by atoms with van der Waals surface area (Å²) in [6.45, 7) is 4.73. The van der Waals surface area contributed by atoms with E-state index in [1.165, 1.54) is 12.1 Å². The third-order valence-electron chi connectivity index (χ3n) is 1.75. The average molecular weight is 273 g/mol. The summed E-state index contributed by atoms with van der Waals surface area (Å²) in [6.07, 6.45) is 0. The van der Waals surface area contributed by atoms with Crippen LogP contribution < -0.4 is 4.74 Å². The van der Waals surface area contributed by atoms with E-state index in [1.54, 1.807) is 6.07 Å². The summed E-state index contributed by atoms with van der Waals surface area (Å²) >= 11 is 3.28. The Morgan fingerprint density at radius 2 is 2.20 bits per heavy atom. The third kappa shape index (κ3) is 3.55. The quantitative estimate of drug-likeness (QED) is 0.916. The summed E-state index contributed by atoms with van der Waals surface area (Å²) < 4.78 is 6.16. The topological polar surface area (TPSA) is 46.5 Å². The number of benzene rings is 1. The van der Waals surface area contributed by atoms with Crippen molar-refractivity contribution in [3.63, 3.8) is 0 Å². The smallest absolute Gasteiger partial charge is 0.335 e. The molecule has 15 heavy (non-hydrogen) atoms. The van der Waals surface area contributed by atoms with Crippen molar-refractivity contribution < 1.29 is 14.6 Å². The van der Waals surface area contributed by atoms with Crippen molar-refractivity contribution in [3.8, 4) is 5.75 Å². The van der Waals surface area contributed by atoms with Gasteiger partial charge in [0.25, 0.3) is 0 Å². The SMILES string of the molecule is CC(C)COc1ccc(C(=O)O)cc1Br. The van der Waals surface area contributed by atoms with Crippen LogP contribution in [-0.2, 0) is 0 Å². The molecule has 1 aromatic carbocycles. The zero-order chi connectivity index (χ0) is 11.4. The fraction of sp³-hybridized carbons (Fsp3) is 0.364. The molecule has 0 bridgehead atoms. The van der Waals surface area contributed by atoms with E-state index in [4.69, 9.17) is 9.84 Å². The fourth-order valence-electron chi connectivity index (χ4n) is 1.01. The molecule has 0 aliphatic heterocycles. The summed E-state index contributed by atoms with van der Waals surface area (Å²) in [5, 5.41) is 8.76. The Balaban J connectivity index is 2.79. The first-order valence-corrected chi connectivity index (χ1v) is 5.45. The number of carboxylic acid groups (broad SMARTS) is 1. The second-order valence-electron chi connectivity index (χ2n) is 3.66. The highest BCUT2D eigenvalue weighted by Crippen LogP contribution is 2.26. The number of carbonyl (C=O) groups is 1. The molecule has 1 N–H and O–H groups in total. The maximum Gasteiger partial charge on any atom is 0.335 e. The van der Waals surface area contributed by atoms with E-state index < -0.39 is 5.97 Å². The standard InChI is InChI=1S/C11H13BrO3/c1-7(2)6-15-10-4-3-8(11(13)14)5-9(10)12/h3-5,7H,6H2,1-2H3,(H,13,14). The Morgan fingerprint density at radius 3 is 2.67 bits per heavy atom. The minimum absolute atomic E-state index is 0.249. The largest absolute Gasteiger partial charge is 0.492 e. The summed E-state index contributed by atoms with van der Waals surface area (Å²) in [5.74, 6) is 0.177. The maximum atomic E-state index is 10.7. The molecular formula is C11H13BrO3. The molecule has 0 spiro atoms. The third-order valence-corrected chi connectivity index (χ3v) is 2.37. The summed E-state index contributed by atoms with van der Waals surface area (Å²) in [7, 11) is 0. The van der Waals surface area contributed by atoms with Gasteiger partial charge in [0.15, 0.2) is 0 Å². The first-order valence-electron chi connectivity index (χ1n) is 4.66. The van der Waals surface area contributed by atoms with Crippen molar-refractivity contribution in [3.05, 3.63) is 28.2 Å².